The minimum absolute atomic E-state index is 0.0805. The molecule has 0 spiro atoms. The summed E-state index contributed by atoms with van der Waals surface area (Å²) in [6.45, 7) is 2.38. The van der Waals surface area contributed by atoms with Crippen LogP contribution < -0.4 is 10.0 Å². The molecular formula is C17H19N2O3S-. The van der Waals surface area contributed by atoms with Crippen LogP contribution in [-0.4, -0.2) is 21.1 Å². The molecule has 0 saturated heterocycles. The molecule has 0 aliphatic carbocycles. The molecule has 2 aromatic rings. The van der Waals surface area contributed by atoms with Gasteiger partial charge in [0.2, 0.25) is 0 Å². The third-order valence-electron chi connectivity index (χ3n) is 3.42. The van der Waals surface area contributed by atoms with Crippen molar-refractivity contribution in [2.75, 3.05) is 16.6 Å². The Morgan fingerprint density at radius 3 is 2.22 bits per heavy atom. The maximum Gasteiger partial charge on any atom is 0.159 e. The molecule has 0 heterocycles. The number of carbonyl (C=O) groups is 1. The Kier molecular flexibility index (Phi) is 6.31. The molecule has 23 heavy (non-hydrogen) atoms. The molecule has 0 saturated carbocycles. The number of aryl methyl sites for hydroxylation is 1. The number of nitrogens with one attached hydrogen (secondary N) is 2. The average Bonchev–Trinajstić information content (AvgIpc) is 2.53. The molecule has 122 valence electrons. The van der Waals surface area contributed by atoms with Gasteiger partial charge < -0.3 is 14.6 Å². The van der Waals surface area contributed by atoms with E-state index in [4.69, 9.17) is 0 Å². The Bertz CT molecular complexity index is 669. The van der Waals surface area contributed by atoms with Crippen LogP contribution in [0.1, 0.15) is 29.3 Å². The fourth-order valence-electron chi connectivity index (χ4n) is 2.18. The van der Waals surface area contributed by atoms with Crippen LogP contribution in [0.15, 0.2) is 48.5 Å². The summed E-state index contributed by atoms with van der Waals surface area (Å²) in [4.78, 5) is 11.2. The van der Waals surface area contributed by atoms with Crippen LogP contribution in [0, 0.1) is 0 Å². The first-order chi connectivity index (χ1) is 11.0. The Morgan fingerprint density at radius 1 is 1.04 bits per heavy atom. The normalized spacial score (nSPS) is 11.7. The van der Waals surface area contributed by atoms with Crippen molar-refractivity contribution in [3.63, 3.8) is 0 Å². The minimum Gasteiger partial charge on any atom is -0.755 e. The van der Waals surface area contributed by atoms with Gasteiger partial charge in [-0.15, -0.1) is 0 Å². The fourth-order valence-corrected chi connectivity index (χ4v) is 2.51. The first-order valence-corrected chi connectivity index (χ1v) is 8.42. The van der Waals surface area contributed by atoms with Gasteiger partial charge in [-0.3, -0.25) is 9.00 Å². The first kappa shape index (κ1) is 17.2. The number of carbonyl (C=O) groups excluding carboxylic acids is 1. The molecule has 5 nitrogen and oxygen atoms in total. The molecule has 2 N–H and O–H groups in total. The van der Waals surface area contributed by atoms with Crippen LogP contribution >= 0.6 is 0 Å². The molecule has 1 atom stereocenters. The average molecular weight is 331 g/mol. The zero-order valence-electron chi connectivity index (χ0n) is 12.9. The van der Waals surface area contributed by atoms with E-state index < -0.39 is 11.3 Å². The highest BCUT2D eigenvalue weighted by atomic mass is 32.2. The van der Waals surface area contributed by atoms with Crippen LogP contribution in [0.4, 0.5) is 11.4 Å². The summed E-state index contributed by atoms with van der Waals surface area (Å²) >= 11 is -2.30. The van der Waals surface area contributed by atoms with Crippen LogP contribution in [0.3, 0.4) is 0 Å². The molecule has 0 radical (unpaired) electrons. The zero-order valence-corrected chi connectivity index (χ0v) is 13.7. The van der Waals surface area contributed by atoms with E-state index in [-0.39, 0.29) is 5.78 Å². The summed E-state index contributed by atoms with van der Waals surface area (Å²) in [5.74, 6) is 0.0805. The molecule has 2 rings (SSSR count). The van der Waals surface area contributed by atoms with Crippen molar-refractivity contribution in [1.29, 1.82) is 0 Å². The van der Waals surface area contributed by atoms with Crippen LogP contribution in [0.5, 0.6) is 0 Å². The molecule has 0 amide bonds. The van der Waals surface area contributed by atoms with Crippen molar-refractivity contribution in [2.45, 2.75) is 19.8 Å². The summed E-state index contributed by atoms with van der Waals surface area (Å²) < 4.78 is 23.3. The predicted molar refractivity (Wildman–Crippen MR) is 92.2 cm³/mol. The Balaban J connectivity index is 1.74. The first-order valence-electron chi connectivity index (χ1n) is 7.34. The standard InChI is InChI=1S/C17H20N2O3S/c1-13(20)15-6-4-14(5-7-15)3-2-12-18-16-8-10-17(11-9-16)19-23(21)22/h4-11,18-19H,2-3,12H2,1H3,(H,21,22)/p-1. The number of rotatable bonds is 8. The lowest BCUT2D eigenvalue weighted by Crippen LogP contribution is -2.04. The number of ketones is 1. The minimum atomic E-state index is -2.30. The van der Waals surface area contributed by atoms with E-state index in [2.05, 4.69) is 10.0 Å². The lowest BCUT2D eigenvalue weighted by Gasteiger charge is -2.10. The van der Waals surface area contributed by atoms with E-state index in [9.17, 15) is 13.6 Å². The second-order valence-corrected chi connectivity index (χ2v) is 5.87. The topological polar surface area (TPSA) is 81.3 Å². The second kappa shape index (κ2) is 8.45. The largest absolute Gasteiger partial charge is 0.755 e. The summed E-state index contributed by atoms with van der Waals surface area (Å²) in [7, 11) is 0. The van der Waals surface area contributed by atoms with E-state index in [1.54, 1.807) is 19.1 Å². The van der Waals surface area contributed by atoms with Crippen LogP contribution in [0.2, 0.25) is 0 Å². The number of Topliss-reactive ketones (excluding diaryl/α,β-unsaturated/α-hetero) is 1. The highest BCUT2D eigenvalue weighted by molar-refractivity contribution is 7.80. The lowest BCUT2D eigenvalue weighted by atomic mass is 10.1. The predicted octanol–water partition coefficient (Wildman–Crippen LogP) is 3.14. The number of hydrogen-bond acceptors (Lipinski definition) is 4. The molecule has 6 heteroatoms. The van der Waals surface area contributed by atoms with Crippen LogP contribution in [0.25, 0.3) is 0 Å². The Hall–Kier alpha value is -2.18. The third-order valence-corrected chi connectivity index (χ3v) is 3.82. The Labute approximate surface area is 138 Å². The number of hydrogen-bond donors (Lipinski definition) is 2. The van der Waals surface area contributed by atoms with Crippen molar-refractivity contribution in [2.24, 2.45) is 0 Å². The van der Waals surface area contributed by atoms with Gasteiger partial charge in [0.25, 0.3) is 0 Å². The molecule has 0 aliphatic rings. The van der Waals surface area contributed by atoms with E-state index in [1.807, 2.05) is 36.4 Å². The smallest absolute Gasteiger partial charge is 0.159 e. The van der Waals surface area contributed by atoms with E-state index >= 15 is 0 Å². The van der Waals surface area contributed by atoms with Crippen LogP contribution in [-0.2, 0) is 17.7 Å². The highest BCUT2D eigenvalue weighted by Crippen LogP contribution is 2.14. The molecule has 1 unspecified atom stereocenters. The monoisotopic (exact) mass is 331 g/mol. The summed E-state index contributed by atoms with van der Waals surface area (Å²) in [6, 6.07) is 14.8. The van der Waals surface area contributed by atoms with Gasteiger partial charge in [0.05, 0.1) is 0 Å². The van der Waals surface area contributed by atoms with Gasteiger partial charge in [0.15, 0.2) is 5.78 Å². The van der Waals surface area contributed by atoms with E-state index in [1.165, 1.54) is 5.56 Å². The second-order valence-electron chi connectivity index (χ2n) is 5.20. The van der Waals surface area contributed by atoms with Gasteiger partial charge >= 0.3 is 0 Å². The van der Waals surface area contributed by atoms with E-state index in [0.717, 1.165) is 30.6 Å². The third kappa shape index (κ3) is 5.84. The molecule has 0 aromatic heterocycles. The fraction of sp³-hybridized carbons (Fsp3) is 0.235. The van der Waals surface area contributed by atoms with Gasteiger partial charge in [0.1, 0.15) is 0 Å². The molecule has 0 aliphatic heterocycles. The van der Waals surface area contributed by atoms with Gasteiger partial charge in [-0.25, -0.2) is 0 Å². The number of benzene rings is 2. The Morgan fingerprint density at radius 2 is 1.65 bits per heavy atom. The summed E-state index contributed by atoms with van der Waals surface area (Å²) in [5.41, 5.74) is 3.42. The lowest BCUT2D eigenvalue weighted by molar-refractivity contribution is 0.101. The SMILES string of the molecule is CC(=O)c1ccc(CCCNc2ccc(NS(=O)[O-])cc2)cc1. The molecular weight excluding hydrogens is 312 g/mol. The molecule has 0 fully saturated rings. The maximum atomic E-state index is 11.2. The molecule has 2 aromatic carbocycles. The van der Waals surface area contributed by atoms with Gasteiger partial charge in [-0.1, -0.05) is 24.3 Å². The van der Waals surface area contributed by atoms with E-state index in [0.29, 0.717) is 5.69 Å². The van der Waals surface area contributed by atoms with Crippen molar-refractivity contribution in [1.82, 2.24) is 0 Å². The van der Waals surface area contributed by atoms with Gasteiger partial charge in [0, 0.05) is 34.7 Å². The number of anilines is 2. The van der Waals surface area contributed by atoms with Gasteiger partial charge in [-0.2, -0.15) is 0 Å². The van der Waals surface area contributed by atoms with Crippen molar-refractivity contribution in [3.05, 3.63) is 59.7 Å². The van der Waals surface area contributed by atoms with Crippen molar-refractivity contribution >= 4 is 28.4 Å². The summed E-state index contributed by atoms with van der Waals surface area (Å²) in [6.07, 6.45) is 1.89. The van der Waals surface area contributed by atoms with Gasteiger partial charge in [-0.05, 0) is 49.6 Å². The van der Waals surface area contributed by atoms with Crippen molar-refractivity contribution < 1.29 is 13.6 Å². The molecule has 0 bridgehead atoms. The zero-order chi connectivity index (χ0) is 16.7. The quantitative estimate of drug-likeness (QED) is 0.442. The maximum absolute atomic E-state index is 11.2. The highest BCUT2D eigenvalue weighted by Gasteiger charge is 1.99. The van der Waals surface area contributed by atoms with Crippen molar-refractivity contribution in [3.8, 4) is 0 Å². The summed E-state index contributed by atoms with van der Waals surface area (Å²) in [5, 5.41) is 3.29.